The Kier molecular flexibility index (Phi) is 8.32. The van der Waals surface area contributed by atoms with Crippen molar-refractivity contribution in [2.75, 3.05) is 0 Å². The molecule has 0 aliphatic heterocycles. The van der Waals surface area contributed by atoms with Crippen LogP contribution < -0.4 is 11.1 Å². The van der Waals surface area contributed by atoms with Gasteiger partial charge in [0.15, 0.2) is 14.6 Å². The van der Waals surface area contributed by atoms with Gasteiger partial charge in [-0.2, -0.15) is 0 Å². The van der Waals surface area contributed by atoms with E-state index in [-0.39, 0.29) is 0 Å². The number of hydrogen-bond acceptors (Lipinski definition) is 5. The van der Waals surface area contributed by atoms with Crippen LogP contribution in [0.1, 0.15) is 61.8 Å². The van der Waals surface area contributed by atoms with Crippen LogP contribution in [0, 0.1) is 11.3 Å². The maximum Gasteiger partial charge on any atom is 0.414 e. The van der Waals surface area contributed by atoms with Crippen molar-refractivity contribution in [2.45, 2.75) is 92.1 Å². The van der Waals surface area contributed by atoms with E-state index in [0.29, 0.717) is 12.3 Å². The van der Waals surface area contributed by atoms with Crippen molar-refractivity contribution in [3.63, 3.8) is 0 Å². The van der Waals surface area contributed by atoms with E-state index in [0.717, 1.165) is 0 Å². The molecule has 0 aromatic heterocycles. The van der Waals surface area contributed by atoms with Crippen LogP contribution in [0.3, 0.4) is 0 Å². The molecule has 25 heavy (non-hydrogen) atoms. The average Bonchev–Trinajstić information content (AvgIpc) is 2.29. The van der Waals surface area contributed by atoms with Crippen LogP contribution >= 0.6 is 0 Å². The second-order valence-electron chi connectivity index (χ2n) is 9.34. The molecule has 0 heterocycles. The summed E-state index contributed by atoms with van der Waals surface area (Å²) in [5.74, 6) is -0.230. The second-order valence-corrected chi connectivity index (χ2v) is 11.7. The lowest BCUT2D eigenvalue weighted by Gasteiger charge is -2.48. The number of nitrogens with one attached hydrogen (secondary N) is 1. The van der Waals surface area contributed by atoms with Crippen molar-refractivity contribution in [3.8, 4) is 0 Å². The minimum atomic E-state index is -1.63. The van der Waals surface area contributed by atoms with Crippen molar-refractivity contribution >= 4 is 21.0 Å². The van der Waals surface area contributed by atoms with Crippen molar-refractivity contribution in [1.29, 1.82) is 0 Å². The quantitative estimate of drug-likeness (QED) is 0.697. The SMILES string of the molecule is CC(C)C[C@H](N)[C@@](O[SiH](C)C)(C(=O)NC(=O)OC(C)(C)C)C(C)(C)C. The van der Waals surface area contributed by atoms with E-state index in [9.17, 15) is 9.59 Å². The molecule has 0 rings (SSSR count). The van der Waals surface area contributed by atoms with Gasteiger partial charge in [-0.3, -0.25) is 10.1 Å². The molecule has 0 fully saturated rings. The molecule has 2 amide bonds. The van der Waals surface area contributed by atoms with Gasteiger partial charge in [0, 0.05) is 11.5 Å². The molecule has 6 nitrogen and oxygen atoms in total. The first-order chi connectivity index (χ1) is 11.0. The topological polar surface area (TPSA) is 90.6 Å². The maximum absolute atomic E-state index is 13.2. The first kappa shape index (κ1) is 24.1. The van der Waals surface area contributed by atoms with Gasteiger partial charge in [-0.1, -0.05) is 34.6 Å². The summed E-state index contributed by atoms with van der Waals surface area (Å²) in [5, 5.41) is 2.36. The Hall–Kier alpha value is -0.923. The summed E-state index contributed by atoms with van der Waals surface area (Å²) < 4.78 is 11.5. The summed E-state index contributed by atoms with van der Waals surface area (Å²) in [5.41, 5.74) is 3.89. The fraction of sp³-hybridized carbons (Fsp3) is 0.889. The third-order valence-corrected chi connectivity index (χ3v) is 4.58. The number of nitrogens with two attached hydrogens (primary N) is 1. The number of carbonyl (C=O) groups excluding carboxylic acids is 2. The summed E-state index contributed by atoms with van der Waals surface area (Å²) >= 11 is 0. The van der Waals surface area contributed by atoms with Crippen LogP contribution in [0.15, 0.2) is 0 Å². The number of rotatable bonds is 6. The predicted octanol–water partition coefficient (Wildman–Crippen LogP) is 3.20. The highest BCUT2D eigenvalue weighted by molar-refractivity contribution is 6.48. The van der Waals surface area contributed by atoms with E-state index < -0.39 is 43.7 Å². The lowest BCUT2D eigenvalue weighted by molar-refractivity contribution is -0.151. The molecule has 148 valence electrons. The largest absolute Gasteiger partial charge is 0.444 e. The third-order valence-electron chi connectivity index (χ3n) is 3.74. The van der Waals surface area contributed by atoms with Gasteiger partial charge in [0.1, 0.15) is 5.60 Å². The number of imide groups is 1. The summed E-state index contributed by atoms with van der Waals surface area (Å²) in [4.78, 5) is 25.3. The standard InChI is InChI=1S/C18H38N2O4Si/c1-12(2)11-13(19)18(16(3,4)5,24-25(9)10)14(21)20-15(22)23-17(6,7)8/h12-13,25H,11,19H2,1-10H3,(H,20,21,22)/t13-,18+/m0/s1. The minimum Gasteiger partial charge on any atom is -0.444 e. The predicted molar refractivity (Wildman–Crippen MR) is 104 cm³/mol. The molecule has 0 aliphatic carbocycles. The summed E-state index contributed by atoms with van der Waals surface area (Å²) in [6, 6.07) is -0.537. The van der Waals surface area contributed by atoms with E-state index in [1.165, 1.54) is 0 Å². The highest BCUT2D eigenvalue weighted by atomic mass is 28.3. The second kappa shape index (κ2) is 8.64. The molecular weight excluding hydrogens is 336 g/mol. The Bertz CT molecular complexity index is 467. The maximum atomic E-state index is 13.2. The molecule has 0 spiro atoms. The smallest absolute Gasteiger partial charge is 0.414 e. The van der Waals surface area contributed by atoms with Gasteiger partial charge in [0.2, 0.25) is 0 Å². The summed E-state index contributed by atoms with van der Waals surface area (Å²) in [6.45, 7) is 19.1. The molecule has 0 radical (unpaired) electrons. The first-order valence-electron chi connectivity index (χ1n) is 9.00. The zero-order valence-corrected chi connectivity index (χ0v) is 18.8. The van der Waals surface area contributed by atoms with Crippen LogP contribution in [0.4, 0.5) is 4.79 Å². The molecule has 0 aliphatic rings. The molecule has 0 aromatic carbocycles. The van der Waals surface area contributed by atoms with Gasteiger partial charge in [0.05, 0.1) is 0 Å². The van der Waals surface area contributed by atoms with E-state index in [1.54, 1.807) is 20.8 Å². The minimum absolute atomic E-state index is 0.295. The van der Waals surface area contributed by atoms with Gasteiger partial charge < -0.3 is 14.9 Å². The number of amides is 2. The first-order valence-corrected chi connectivity index (χ1v) is 11.8. The fourth-order valence-electron chi connectivity index (χ4n) is 2.92. The Labute approximate surface area is 154 Å². The summed E-state index contributed by atoms with van der Waals surface area (Å²) in [6.07, 6.45) is -0.169. The zero-order valence-electron chi connectivity index (χ0n) is 17.6. The van der Waals surface area contributed by atoms with Crippen molar-refractivity contribution in [3.05, 3.63) is 0 Å². The van der Waals surface area contributed by atoms with E-state index in [4.69, 9.17) is 14.9 Å². The van der Waals surface area contributed by atoms with E-state index >= 15 is 0 Å². The van der Waals surface area contributed by atoms with Crippen LogP contribution in [0.2, 0.25) is 13.1 Å². The molecule has 3 N–H and O–H groups in total. The molecule has 0 saturated carbocycles. The lowest BCUT2D eigenvalue weighted by atomic mass is 9.69. The highest BCUT2D eigenvalue weighted by Crippen LogP contribution is 2.39. The fourth-order valence-corrected chi connectivity index (χ4v) is 4.30. The van der Waals surface area contributed by atoms with Crippen LogP contribution in [-0.4, -0.2) is 38.3 Å². The van der Waals surface area contributed by atoms with Crippen LogP contribution in [0.5, 0.6) is 0 Å². The van der Waals surface area contributed by atoms with E-state index in [2.05, 4.69) is 5.32 Å². The molecule has 2 atom stereocenters. The van der Waals surface area contributed by atoms with E-state index in [1.807, 2.05) is 47.7 Å². The Morgan fingerprint density at radius 1 is 1.08 bits per heavy atom. The average molecular weight is 375 g/mol. The normalized spacial score (nSPS) is 16.5. The van der Waals surface area contributed by atoms with Crippen molar-refractivity contribution in [2.24, 2.45) is 17.1 Å². The van der Waals surface area contributed by atoms with Gasteiger partial charge in [-0.25, -0.2) is 4.79 Å². The van der Waals surface area contributed by atoms with Crippen LogP contribution in [0.25, 0.3) is 0 Å². The molecule has 0 unspecified atom stereocenters. The van der Waals surface area contributed by atoms with Crippen molar-refractivity contribution < 1.29 is 18.8 Å². The summed E-state index contributed by atoms with van der Waals surface area (Å²) in [7, 11) is -1.63. The number of ether oxygens (including phenoxy) is 1. The Morgan fingerprint density at radius 2 is 1.56 bits per heavy atom. The zero-order chi connectivity index (χ0) is 20.2. The molecule has 0 saturated heterocycles. The lowest BCUT2D eigenvalue weighted by Crippen LogP contribution is -2.68. The highest BCUT2D eigenvalue weighted by Gasteiger charge is 2.55. The van der Waals surface area contributed by atoms with Gasteiger partial charge in [-0.15, -0.1) is 0 Å². The number of alkyl carbamates (subject to hydrolysis) is 1. The van der Waals surface area contributed by atoms with Gasteiger partial charge in [0.25, 0.3) is 5.91 Å². The molecule has 0 aromatic rings. The molecular formula is C18H38N2O4Si. The van der Waals surface area contributed by atoms with Gasteiger partial charge >= 0.3 is 6.09 Å². The molecule has 0 bridgehead atoms. The van der Waals surface area contributed by atoms with Gasteiger partial charge in [-0.05, 0) is 46.2 Å². The van der Waals surface area contributed by atoms with Crippen molar-refractivity contribution in [1.82, 2.24) is 5.32 Å². The molecule has 7 heteroatoms. The Morgan fingerprint density at radius 3 is 1.88 bits per heavy atom. The monoisotopic (exact) mass is 374 g/mol. The number of carbonyl (C=O) groups is 2. The number of hydrogen-bond donors (Lipinski definition) is 2. The Balaban J connectivity index is 5.83. The third kappa shape index (κ3) is 7.07. The van der Waals surface area contributed by atoms with Crippen LogP contribution in [-0.2, 0) is 14.0 Å².